The van der Waals surface area contributed by atoms with Crippen LogP contribution in [0.4, 0.5) is 0 Å². The molecule has 0 bridgehead atoms. The van der Waals surface area contributed by atoms with Gasteiger partial charge in [0.05, 0.1) is 10.5 Å². The second-order valence-corrected chi connectivity index (χ2v) is 10.4. The topological polar surface area (TPSA) is 92.8 Å². The average molecular weight is 437 g/mol. The van der Waals surface area contributed by atoms with Crippen LogP contribution in [-0.2, 0) is 19.6 Å². The molecule has 2 aliphatic rings. The van der Waals surface area contributed by atoms with Crippen molar-refractivity contribution in [3.05, 3.63) is 29.8 Å². The second-order valence-electron chi connectivity index (χ2n) is 8.42. The number of esters is 1. The van der Waals surface area contributed by atoms with Gasteiger partial charge in [0.2, 0.25) is 10.0 Å². The summed E-state index contributed by atoms with van der Waals surface area (Å²) in [6.45, 7) is 4.64. The molecule has 7 nitrogen and oxygen atoms in total. The number of carbonyl (C=O) groups is 2. The second kappa shape index (κ2) is 9.92. The third kappa shape index (κ3) is 5.40. The number of ether oxygens (including phenoxy) is 1. The number of carbonyl (C=O) groups excluding carboxylic acids is 2. The number of amides is 1. The van der Waals surface area contributed by atoms with Crippen molar-refractivity contribution in [2.45, 2.75) is 75.8 Å². The monoisotopic (exact) mass is 436 g/mol. The van der Waals surface area contributed by atoms with Gasteiger partial charge in [-0.05, 0) is 56.7 Å². The van der Waals surface area contributed by atoms with E-state index >= 15 is 0 Å². The van der Waals surface area contributed by atoms with Gasteiger partial charge >= 0.3 is 5.97 Å². The number of piperidine rings is 1. The molecule has 2 fully saturated rings. The largest absolute Gasteiger partial charge is 0.449 e. The predicted octanol–water partition coefficient (Wildman–Crippen LogP) is 3.10. The van der Waals surface area contributed by atoms with Crippen molar-refractivity contribution in [2.24, 2.45) is 5.92 Å². The standard InChI is InChI=1S/C22H32N2O5S/c1-16-9-4-5-12-20(16)23-21(25)17(2)29-22(26)18-10-8-11-19(15-18)30(27,28)24-13-6-3-7-14-24/h8,10-11,15-17,20H,3-7,9,12-14H2,1-2H3,(H,23,25)/t16-,17-,20-/m0/s1. The highest BCUT2D eigenvalue weighted by Crippen LogP contribution is 2.24. The van der Waals surface area contributed by atoms with Gasteiger partial charge in [0.1, 0.15) is 0 Å². The molecule has 0 radical (unpaired) electrons. The van der Waals surface area contributed by atoms with Crippen molar-refractivity contribution in [2.75, 3.05) is 13.1 Å². The Morgan fingerprint density at radius 2 is 1.80 bits per heavy atom. The first-order valence-corrected chi connectivity index (χ1v) is 12.3. The van der Waals surface area contributed by atoms with Crippen molar-refractivity contribution in [3.8, 4) is 0 Å². The first kappa shape index (κ1) is 22.7. The summed E-state index contributed by atoms with van der Waals surface area (Å²) in [5.74, 6) is -0.619. The Bertz CT molecular complexity index is 864. The Hall–Kier alpha value is -1.93. The fourth-order valence-electron chi connectivity index (χ4n) is 4.15. The van der Waals surface area contributed by atoms with Gasteiger partial charge in [0.15, 0.2) is 6.10 Å². The minimum absolute atomic E-state index is 0.0759. The third-order valence-corrected chi connectivity index (χ3v) is 8.01. The van der Waals surface area contributed by atoms with E-state index in [0.29, 0.717) is 19.0 Å². The number of nitrogens with one attached hydrogen (secondary N) is 1. The number of rotatable bonds is 6. The molecule has 30 heavy (non-hydrogen) atoms. The SMILES string of the molecule is C[C@H](OC(=O)c1cccc(S(=O)(=O)N2CCCCC2)c1)C(=O)N[C@H]1CCCC[C@@H]1C. The molecule has 1 saturated carbocycles. The molecule has 1 amide bonds. The summed E-state index contributed by atoms with van der Waals surface area (Å²) in [5.41, 5.74) is 0.124. The maximum absolute atomic E-state index is 12.9. The highest BCUT2D eigenvalue weighted by atomic mass is 32.2. The summed E-state index contributed by atoms with van der Waals surface area (Å²) < 4.78 is 32.5. The maximum Gasteiger partial charge on any atom is 0.338 e. The molecular weight excluding hydrogens is 404 g/mol. The van der Waals surface area contributed by atoms with Crippen LogP contribution < -0.4 is 5.32 Å². The van der Waals surface area contributed by atoms with Crippen molar-refractivity contribution in [1.82, 2.24) is 9.62 Å². The number of sulfonamides is 1. The minimum atomic E-state index is -3.64. The van der Waals surface area contributed by atoms with Gasteiger partial charge in [-0.1, -0.05) is 32.3 Å². The summed E-state index contributed by atoms with van der Waals surface area (Å²) in [7, 11) is -3.64. The molecule has 0 aromatic heterocycles. The van der Waals surface area contributed by atoms with Crippen molar-refractivity contribution < 1.29 is 22.7 Å². The van der Waals surface area contributed by atoms with Gasteiger partial charge in [-0.3, -0.25) is 4.79 Å². The van der Waals surface area contributed by atoms with Crippen LogP contribution in [0.5, 0.6) is 0 Å². The zero-order chi connectivity index (χ0) is 21.7. The Morgan fingerprint density at radius 1 is 1.10 bits per heavy atom. The van der Waals surface area contributed by atoms with Crippen LogP contribution in [-0.4, -0.2) is 49.8 Å². The number of benzene rings is 1. The van der Waals surface area contributed by atoms with E-state index in [1.807, 2.05) is 0 Å². The van der Waals surface area contributed by atoms with Crippen molar-refractivity contribution in [3.63, 3.8) is 0 Å². The lowest BCUT2D eigenvalue weighted by atomic mass is 9.86. The molecule has 3 rings (SSSR count). The number of hydrogen-bond acceptors (Lipinski definition) is 5. The smallest absolute Gasteiger partial charge is 0.338 e. The summed E-state index contributed by atoms with van der Waals surface area (Å²) in [5, 5.41) is 2.99. The van der Waals surface area contributed by atoms with Crippen LogP contribution in [0.25, 0.3) is 0 Å². The summed E-state index contributed by atoms with van der Waals surface area (Å²) >= 11 is 0. The zero-order valence-corrected chi connectivity index (χ0v) is 18.6. The number of nitrogens with zero attached hydrogens (tertiary/aromatic N) is 1. The molecule has 0 spiro atoms. The first-order valence-electron chi connectivity index (χ1n) is 10.9. The van der Waals surface area contributed by atoms with Crippen LogP contribution in [0, 0.1) is 5.92 Å². The van der Waals surface area contributed by atoms with E-state index in [2.05, 4.69) is 12.2 Å². The van der Waals surface area contributed by atoms with Gasteiger partial charge < -0.3 is 10.1 Å². The predicted molar refractivity (Wildman–Crippen MR) is 113 cm³/mol. The molecule has 8 heteroatoms. The van der Waals surface area contributed by atoms with E-state index < -0.39 is 22.1 Å². The molecule has 1 aromatic carbocycles. The molecule has 0 unspecified atom stereocenters. The van der Waals surface area contributed by atoms with E-state index in [4.69, 9.17) is 4.74 Å². The van der Waals surface area contributed by atoms with Gasteiger partial charge in [-0.2, -0.15) is 4.31 Å². The van der Waals surface area contributed by atoms with E-state index in [1.54, 1.807) is 0 Å². The fraction of sp³-hybridized carbons (Fsp3) is 0.636. The summed E-state index contributed by atoms with van der Waals surface area (Å²) in [6.07, 6.45) is 6.03. The molecule has 3 atom stereocenters. The molecule has 1 aliphatic heterocycles. The van der Waals surface area contributed by atoms with Crippen LogP contribution in [0.1, 0.15) is 69.2 Å². The van der Waals surface area contributed by atoms with E-state index in [9.17, 15) is 18.0 Å². The lowest BCUT2D eigenvalue weighted by molar-refractivity contribution is -0.130. The lowest BCUT2D eigenvalue weighted by Crippen LogP contribution is -2.46. The molecule has 166 valence electrons. The zero-order valence-electron chi connectivity index (χ0n) is 17.8. The van der Waals surface area contributed by atoms with Gasteiger partial charge in [-0.25, -0.2) is 13.2 Å². The lowest BCUT2D eigenvalue weighted by Gasteiger charge is -2.30. The van der Waals surface area contributed by atoms with Gasteiger partial charge in [0, 0.05) is 19.1 Å². The number of hydrogen-bond donors (Lipinski definition) is 1. The Morgan fingerprint density at radius 3 is 2.50 bits per heavy atom. The van der Waals surface area contributed by atoms with E-state index in [1.165, 1.54) is 41.9 Å². The minimum Gasteiger partial charge on any atom is -0.449 e. The Kier molecular flexibility index (Phi) is 7.52. The molecule has 1 saturated heterocycles. The van der Waals surface area contributed by atoms with Crippen molar-refractivity contribution >= 4 is 21.9 Å². The normalized spacial score (nSPS) is 24.1. The van der Waals surface area contributed by atoms with E-state index in [0.717, 1.165) is 38.5 Å². The maximum atomic E-state index is 12.9. The van der Waals surface area contributed by atoms with Gasteiger partial charge in [0.25, 0.3) is 5.91 Å². The third-order valence-electron chi connectivity index (χ3n) is 6.11. The van der Waals surface area contributed by atoms with Crippen LogP contribution in [0.15, 0.2) is 29.2 Å². The molecule has 1 heterocycles. The highest BCUT2D eigenvalue weighted by molar-refractivity contribution is 7.89. The Labute approximate surface area is 179 Å². The highest BCUT2D eigenvalue weighted by Gasteiger charge is 2.28. The average Bonchev–Trinajstić information content (AvgIpc) is 2.76. The quantitative estimate of drug-likeness (QED) is 0.692. The van der Waals surface area contributed by atoms with Crippen LogP contribution >= 0.6 is 0 Å². The van der Waals surface area contributed by atoms with Gasteiger partial charge in [-0.15, -0.1) is 0 Å². The molecule has 1 aliphatic carbocycles. The summed E-state index contributed by atoms with van der Waals surface area (Å²) in [6, 6.07) is 5.96. The van der Waals surface area contributed by atoms with E-state index in [-0.39, 0.29) is 22.4 Å². The molecular formula is C22H32N2O5S. The first-order chi connectivity index (χ1) is 14.3. The summed E-state index contributed by atoms with van der Waals surface area (Å²) in [4.78, 5) is 25.1. The fourth-order valence-corrected chi connectivity index (χ4v) is 5.71. The van der Waals surface area contributed by atoms with Crippen molar-refractivity contribution in [1.29, 1.82) is 0 Å². The van der Waals surface area contributed by atoms with Crippen LogP contribution in [0.3, 0.4) is 0 Å². The van der Waals surface area contributed by atoms with Crippen LogP contribution in [0.2, 0.25) is 0 Å². The molecule has 1 N–H and O–H groups in total. The Balaban J connectivity index is 1.63. The molecule has 1 aromatic rings.